The number of carbonyl (C=O) groups is 1. The third kappa shape index (κ3) is 1.36. The Morgan fingerprint density at radius 2 is 2.12 bits per heavy atom. The van der Waals surface area contributed by atoms with Gasteiger partial charge in [-0.05, 0) is 36.8 Å². The van der Waals surface area contributed by atoms with Crippen molar-refractivity contribution in [2.24, 2.45) is 4.99 Å². The van der Waals surface area contributed by atoms with E-state index in [4.69, 9.17) is 16.7 Å². The van der Waals surface area contributed by atoms with Gasteiger partial charge in [-0.25, -0.2) is 9.79 Å². The molecule has 0 unspecified atom stereocenters. The largest absolute Gasteiger partial charge is 0.478 e. The van der Waals surface area contributed by atoms with Crippen LogP contribution >= 0.6 is 11.6 Å². The first kappa shape index (κ1) is 10.3. The number of fused-ring (bicyclic) bond motifs is 3. The molecule has 1 heterocycles. The van der Waals surface area contributed by atoms with Crippen LogP contribution < -0.4 is 0 Å². The van der Waals surface area contributed by atoms with Crippen LogP contribution in [0.3, 0.4) is 0 Å². The summed E-state index contributed by atoms with van der Waals surface area (Å²) < 4.78 is 0. The fourth-order valence-corrected chi connectivity index (χ4v) is 2.30. The third-order valence-corrected chi connectivity index (χ3v) is 3.41. The number of aliphatic carboxylic acids is 1. The number of carboxylic acid groups (broad SMARTS) is 1. The lowest BCUT2D eigenvalue weighted by Crippen LogP contribution is -1.95. The van der Waals surface area contributed by atoms with E-state index in [0.29, 0.717) is 10.7 Å². The van der Waals surface area contributed by atoms with Crippen molar-refractivity contribution in [3.8, 4) is 0 Å². The minimum Gasteiger partial charge on any atom is -0.478 e. The smallest absolute Gasteiger partial charge is 0.335 e. The molecule has 1 aromatic rings. The molecule has 0 aromatic heterocycles. The Kier molecular flexibility index (Phi) is 2.00. The molecule has 1 aliphatic heterocycles. The third-order valence-electron chi connectivity index (χ3n) is 3.00. The fraction of sp³-hybridized carbons (Fsp3) is 0.0769. The van der Waals surface area contributed by atoms with Gasteiger partial charge in [0, 0.05) is 16.2 Å². The normalized spacial score (nSPS) is 16.0. The van der Waals surface area contributed by atoms with Crippen LogP contribution in [0.25, 0.3) is 5.57 Å². The molecule has 0 fully saturated rings. The van der Waals surface area contributed by atoms with Crippen LogP contribution in [0.1, 0.15) is 11.1 Å². The second-order valence-corrected chi connectivity index (χ2v) is 4.43. The van der Waals surface area contributed by atoms with Crippen LogP contribution in [0.2, 0.25) is 5.02 Å². The van der Waals surface area contributed by atoms with Gasteiger partial charge < -0.3 is 5.11 Å². The number of rotatable bonds is 1. The molecule has 2 aliphatic rings. The van der Waals surface area contributed by atoms with E-state index >= 15 is 0 Å². The zero-order valence-electron chi connectivity index (χ0n) is 8.99. The number of nitrogens with zero attached hydrogens (tertiary/aromatic N) is 1. The summed E-state index contributed by atoms with van der Waals surface area (Å²) in [4.78, 5) is 15.3. The second kappa shape index (κ2) is 3.31. The van der Waals surface area contributed by atoms with Crippen molar-refractivity contribution in [2.75, 3.05) is 0 Å². The maximum absolute atomic E-state index is 10.9. The van der Waals surface area contributed by atoms with Gasteiger partial charge in [-0.15, -0.1) is 0 Å². The Balaban J connectivity index is 2.21. The van der Waals surface area contributed by atoms with E-state index in [2.05, 4.69) is 4.99 Å². The Morgan fingerprint density at radius 1 is 1.35 bits per heavy atom. The van der Waals surface area contributed by atoms with Crippen LogP contribution in [0.5, 0.6) is 0 Å². The van der Waals surface area contributed by atoms with E-state index in [0.717, 1.165) is 22.4 Å². The van der Waals surface area contributed by atoms with Crippen molar-refractivity contribution >= 4 is 34.5 Å². The highest BCUT2D eigenvalue weighted by Gasteiger charge is 2.28. The van der Waals surface area contributed by atoms with Crippen LogP contribution in [0, 0.1) is 6.92 Å². The van der Waals surface area contributed by atoms with Crippen LogP contribution in [0.4, 0.5) is 5.69 Å². The van der Waals surface area contributed by atoms with Gasteiger partial charge >= 0.3 is 5.97 Å². The summed E-state index contributed by atoms with van der Waals surface area (Å²) in [5.74, 6) is -0.934. The number of carboxylic acids is 1. The quantitative estimate of drug-likeness (QED) is 0.826. The van der Waals surface area contributed by atoms with Gasteiger partial charge in [-0.1, -0.05) is 11.6 Å². The Hall–Kier alpha value is -1.87. The predicted molar refractivity (Wildman–Crippen MR) is 67.0 cm³/mol. The highest BCUT2D eigenvalue weighted by atomic mass is 35.5. The molecule has 0 amide bonds. The minimum atomic E-state index is -0.934. The van der Waals surface area contributed by atoms with Crippen molar-refractivity contribution in [3.63, 3.8) is 0 Å². The molecule has 0 saturated carbocycles. The molecule has 4 heteroatoms. The van der Waals surface area contributed by atoms with Crippen LogP contribution in [-0.4, -0.2) is 16.8 Å². The molecule has 17 heavy (non-hydrogen) atoms. The van der Waals surface area contributed by atoms with E-state index in [1.807, 2.05) is 19.1 Å². The summed E-state index contributed by atoms with van der Waals surface area (Å²) in [5.41, 5.74) is 4.58. The molecule has 1 aliphatic carbocycles. The second-order valence-electron chi connectivity index (χ2n) is 4.03. The number of halogens is 1. The number of hydrogen-bond donors (Lipinski definition) is 1. The van der Waals surface area contributed by atoms with Gasteiger partial charge in [-0.2, -0.15) is 0 Å². The molecule has 0 radical (unpaired) electrons. The van der Waals surface area contributed by atoms with E-state index in [1.165, 1.54) is 0 Å². The molecule has 3 rings (SSSR count). The summed E-state index contributed by atoms with van der Waals surface area (Å²) in [6.07, 6.45) is 3.24. The average Bonchev–Trinajstić information content (AvgIpc) is 2.80. The first-order valence-corrected chi connectivity index (χ1v) is 5.51. The van der Waals surface area contributed by atoms with Crippen molar-refractivity contribution in [3.05, 3.63) is 46.0 Å². The van der Waals surface area contributed by atoms with E-state index < -0.39 is 5.97 Å². The zero-order valence-corrected chi connectivity index (χ0v) is 9.75. The minimum absolute atomic E-state index is 0.267. The molecule has 0 bridgehead atoms. The topological polar surface area (TPSA) is 49.7 Å². The SMILES string of the molecule is Cc1c(Cl)ccc2c1C1=CC(C(=O)O)=CC1=N2. The monoisotopic (exact) mass is 245 g/mol. The van der Waals surface area contributed by atoms with Crippen molar-refractivity contribution in [1.82, 2.24) is 0 Å². The molecule has 0 spiro atoms. The summed E-state index contributed by atoms with van der Waals surface area (Å²) in [6, 6.07) is 3.66. The van der Waals surface area contributed by atoms with Gasteiger partial charge in [0.05, 0.1) is 17.0 Å². The molecular formula is C13H8ClNO2. The lowest BCUT2D eigenvalue weighted by molar-refractivity contribution is -0.132. The molecule has 0 saturated heterocycles. The van der Waals surface area contributed by atoms with Crippen LogP contribution in [0.15, 0.2) is 34.9 Å². The van der Waals surface area contributed by atoms with Crippen LogP contribution in [-0.2, 0) is 4.79 Å². The zero-order chi connectivity index (χ0) is 12.2. The summed E-state index contributed by atoms with van der Waals surface area (Å²) in [5, 5.41) is 9.62. The number of allylic oxidation sites excluding steroid dienone is 2. The summed E-state index contributed by atoms with van der Waals surface area (Å²) in [6.45, 7) is 1.92. The first-order chi connectivity index (χ1) is 8.08. The van der Waals surface area contributed by atoms with Crippen molar-refractivity contribution < 1.29 is 9.90 Å². The van der Waals surface area contributed by atoms with Gasteiger partial charge in [0.15, 0.2) is 0 Å². The summed E-state index contributed by atoms with van der Waals surface area (Å²) in [7, 11) is 0. The van der Waals surface area contributed by atoms with E-state index in [1.54, 1.807) is 12.2 Å². The van der Waals surface area contributed by atoms with E-state index in [-0.39, 0.29) is 5.57 Å². The van der Waals surface area contributed by atoms with Crippen molar-refractivity contribution in [1.29, 1.82) is 0 Å². The Morgan fingerprint density at radius 3 is 2.82 bits per heavy atom. The van der Waals surface area contributed by atoms with Crippen molar-refractivity contribution in [2.45, 2.75) is 6.92 Å². The highest BCUT2D eigenvalue weighted by Crippen LogP contribution is 2.42. The molecule has 0 atom stereocenters. The lowest BCUT2D eigenvalue weighted by Gasteiger charge is -2.05. The van der Waals surface area contributed by atoms with Gasteiger partial charge in [0.1, 0.15) is 0 Å². The van der Waals surface area contributed by atoms with Gasteiger partial charge in [-0.3, -0.25) is 0 Å². The average molecular weight is 246 g/mol. The molecule has 1 N–H and O–H groups in total. The van der Waals surface area contributed by atoms with Gasteiger partial charge in [0.2, 0.25) is 0 Å². The molecule has 1 aromatic carbocycles. The lowest BCUT2D eigenvalue weighted by atomic mass is 10.00. The number of hydrogen-bond acceptors (Lipinski definition) is 2. The number of aliphatic imine (C=N–C) groups is 1. The van der Waals surface area contributed by atoms with Gasteiger partial charge in [0.25, 0.3) is 0 Å². The highest BCUT2D eigenvalue weighted by molar-refractivity contribution is 6.39. The molecule has 3 nitrogen and oxygen atoms in total. The fourth-order valence-electron chi connectivity index (χ4n) is 2.15. The Bertz CT molecular complexity index is 654. The maximum atomic E-state index is 10.9. The van der Waals surface area contributed by atoms with E-state index in [9.17, 15) is 4.79 Å². The Labute approximate surface area is 103 Å². The standard InChI is InChI=1S/C13H8ClNO2/c1-6-9(14)2-3-10-12(6)8-4-7(13(16)17)5-11(8)15-10/h2-5H,1H3,(H,16,17). The first-order valence-electron chi connectivity index (χ1n) is 5.13. The number of benzene rings is 1. The predicted octanol–water partition coefficient (Wildman–Crippen LogP) is 3.14. The molecule has 84 valence electrons. The summed E-state index contributed by atoms with van der Waals surface area (Å²) >= 11 is 6.07. The molecular weight excluding hydrogens is 238 g/mol. The maximum Gasteiger partial charge on any atom is 0.335 e.